The van der Waals surface area contributed by atoms with E-state index in [0.717, 1.165) is 0 Å². The molecule has 1 aliphatic rings. The average Bonchev–Trinajstić information content (AvgIpc) is 2.52. The number of rotatable bonds is 7. The molecule has 0 bridgehead atoms. The maximum absolute atomic E-state index is 12.1. The van der Waals surface area contributed by atoms with Gasteiger partial charge in [-0.1, -0.05) is 4.62 Å². The minimum absolute atomic E-state index is 0.671. The molecule has 1 aliphatic carbocycles. The van der Waals surface area contributed by atoms with Crippen molar-refractivity contribution in [2.75, 3.05) is 13.2 Å². The zero-order valence-electron chi connectivity index (χ0n) is 11.4. The number of aliphatic hydroxyl groups excluding tert-OH is 7. The van der Waals surface area contributed by atoms with Crippen LogP contribution < -0.4 is 5.90 Å². The Bertz CT molecular complexity index is 382. The van der Waals surface area contributed by atoms with Gasteiger partial charge in [0.1, 0.15) is 42.7 Å². The summed E-state index contributed by atoms with van der Waals surface area (Å²) in [6.07, 6.45) is -12.7. The first-order chi connectivity index (χ1) is 10.2. The highest BCUT2D eigenvalue weighted by molar-refractivity contribution is 7.48. The molecule has 0 amide bonds. The SMILES string of the molecule is [NH3+]OP(=O)(OC[C@@H](O)CO)OC1[C@@H](O)[C@H](O)C(O)[C@H](O)[C@@H]1O. The molecule has 1 fully saturated rings. The quantitative estimate of drug-likeness (QED) is 0.160. The van der Waals surface area contributed by atoms with Crippen LogP contribution in [0.2, 0.25) is 0 Å². The van der Waals surface area contributed by atoms with E-state index >= 15 is 0 Å². The molecule has 0 aromatic carbocycles. The van der Waals surface area contributed by atoms with Gasteiger partial charge in [-0.05, 0) is 0 Å². The highest BCUT2D eigenvalue weighted by Crippen LogP contribution is 2.50. The topological polar surface area (TPSA) is 214 Å². The fraction of sp³-hybridized carbons (Fsp3) is 1.00. The lowest BCUT2D eigenvalue weighted by Gasteiger charge is -2.41. The maximum Gasteiger partial charge on any atom is 0.521 e. The predicted molar refractivity (Wildman–Crippen MR) is 65.5 cm³/mol. The number of hydrogen-bond donors (Lipinski definition) is 8. The second-order valence-corrected chi connectivity index (χ2v) is 6.35. The van der Waals surface area contributed by atoms with E-state index in [1.165, 1.54) is 0 Å². The molecule has 1 rings (SSSR count). The lowest BCUT2D eigenvalue weighted by Crippen LogP contribution is -2.64. The summed E-state index contributed by atoms with van der Waals surface area (Å²) in [5.41, 5.74) is 0. The molecule has 3 unspecified atom stereocenters. The van der Waals surface area contributed by atoms with Crippen LogP contribution in [-0.4, -0.2) is 91.7 Å². The van der Waals surface area contributed by atoms with Gasteiger partial charge in [-0.2, -0.15) is 0 Å². The highest BCUT2D eigenvalue weighted by Gasteiger charge is 2.52. The molecule has 12 nitrogen and oxygen atoms in total. The predicted octanol–water partition coefficient (Wildman–Crippen LogP) is -5.16. The normalized spacial score (nSPS) is 40.2. The summed E-state index contributed by atoms with van der Waals surface area (Å²) in [4.78, 5) is 0. The number of hydrogen-bond acceptors (Lipinski definition) is 11. The van der Waals surface area contributed by atoms with Crippen LogP contribution in [0.25, 0.3) is 0 Å². The first kappa shape index (κ1) is 19.8. The Hall–Kier alpha value is -0.210. The van der Waals surface area contributed by atoms with Gasteiger partial charge >= 0.3 is 7.82 Å². The Labute approximate surface area is 124 Å². The Morgan fingerprint density at radius 3 is 1.86 bits per heavy atom. The standard InChI is InChI=1S/C9H21NO11P/c10-21-22(18,19-2-3(12)1-11)20-9-7(16)5(14)4(13)6(15)8(9)17/h3-9,11-17H,1-2H2,10H3/q+1/t3-,4?,5-,6+,7-,8-,9?,22?/m0/s1. The van der Waals surface area contributed by atoms with E-state index in [-0.39, 0.29) is 0 Å². The zero-order valence-corrected chi connectivity index (χ0v) is 12.3. The van der Waals surface area contributed by atoms with Crippen LogP contribution in [0, 0.1) is 0 Å². The molecule has 0 aromatic rings. The third-order valence-corrected chi connectivity index (χ3v) is 4.40. The van der Waals surface area contributed by atoms with Gasteiger partial charge in [0.2, 0.25) is 0 Å². The van der Waals surface area contributed by atoms with Crippen molar-refractivity contribution in [3.05, 3.63) is 0 Å². The highest BCUT2D eigenvalue weighted by atomic mass is 31.2. The molecule has 1 saturated carbocycles. The van der Waals surface area contributed by atoms with Gasteiger partial charge in [0, 0.05) is 0 Å². The van der Waals surface area contributed by atoms with E-state index in [1.54, 1.807) is 0 Å². The molecule has 132 valence electrons. The minimum Gasteiger partial charge on any atom is -0.394 e. The van der Waals surface area contributed by atoms with Gasteiger partial charge in [0.05, 0.1) is 13.2 Å². The molecule has 0 aromatic heterocycles. The van der Waals surface area contributed by atoms with Crippen molar-refractivity contribution in [1.29, 1.82) is 0 Å². The van der Waals surface area contributed by atoms with Crippen molar-refractivity contribution in [3.8, 4) is 0 Å². The van der Waals surface area contributed by atoms with Gasteiger partial charge in [0.15, 0.2) is 0 Å². The van der Waals surface area contributed by atoms with E-state index in [4.69, 9.17) is 14.7 Å². The third kappa shape index (κ3) is 4.41. The summed E-state index contributed by atoms with van der Waals surface area (Å²) >= 11 is 0. The molecule has 8 atom stereocenters. The second-order valence-electron chi connectivity index (χ2n) is 4.73. The van der Waals surface area contributed by atoms with Crippen LogP contribution in [0.1, 0.15) is 0 Å². The molecule has 10 N–H and O–H groups in total. The molecule has 0 saturated heterocycles. The Morgan fingerprint density at radius 1 is 1.00 bits per heavy atom. The molecule has 0 aliphatic heterocycles. The second kappa shape index (κ2) is 8.06. The largest absolute Gasteiger partial charge is 0.521 e. The molecule has 0 heterocycles. The van der Waals surface area contributed by atoms with E-state index in [9.17, 15) is 30.1 Å². The molecular formula is C9H21NO11P+. The van der Waals surface area contributed by atoms with E-state index in [2.05, 4.69) is 15.0 Å². The zero-order chi connectivity index (χ0) is 17.1. The van der Waals surface area contributed by atoms with Crippen molar-refractivity contribution in [2.24, 2.45) is 0 Å². The molecular weight excluding hydrogens is 329 g/mol. The number of aliphatic hydroxyl groups is 7. The Kier molecular flexibility index (Phi) is 7.26. The van der Waals surface area contributed by atoms with Crippen molar-refractivity contribution in [3.63, 3.8) is 0 Å². The van der Waals surface area contributed by atoms with Crippen LogP contribution in [0.4, 0.5) is 0 Å². The number of quaternary nitrogens is 1. The summed E-state index contributed by atoms with van der Waals surface area (Å²) < 4.78 is 25.7. The van der Waals surface area contributed by atoms with Crippen molar-refractivity contribution >= 4 is 7.82 Å². The van der Waals surface area contributed by atoms with E-state index in [1.807, 2.05) is 0 Å². The summed E-state index contributed by atoms with van der Waals surface area (Å²) in [7, 11) is -4.49. The smallest absolute Gasteiger partial charge is 0.394 e. The fourth-order valence-corrected chi connectivity index (χ4v) is 2.90. The molecule has 13 heteroatoms. The summed E-state index contributed by atoms with van der Waals surface area (Å²) in [6, 6.07) is 0. The van der Waals surface area contributed by atoms with Gasteiger partial charge in [-0.25, -0.2) is 10.5 Å². The Balaban J connectivity index is 2.82. The van der Waals surface area contributed by atoms with Crippen molar-refractivity contribution in [1.82, 2.24) is 0 Å². The van der Waals surface area contributed by atoms with Crippen LogP contribution in [-0.2, 0) is 18.2 Å². The van der Waals surface area contributed by atoms with Crippen LogP contribution in [0.15, 0.2) is 0 Å². The number of phosphoric ester groups is 1. The van der Waals surface area contributed by atoms with Gasteiger partial charge < -0.3 is 35.7 Å². The van der Waals surface area contributed by atoms with Gasteiger partial charge in [-0.15, -0.1) is 0 Å². The lowest BCUT2D eigenvalue weighted by molar-refractivity contribution is -0.644. The minimum atomic E-state index is -4.49. The number of phosphoric acid groups is 1. The van der Waals surface area contributed by atoms with Crippen molar-refractivity contribution < 1.29 is 59.9 Å². The third-order valence-electron chi connectivity index (χ3n) is 3.12. The lowest BCUT2D eigenvalue weighted by atomic mass is 9.85. The Morgan fingerprint density at radius 2 is 1.45 bits per heavy atom. The molecule has 0 radical (unpaired) electrons. The van der Waals surface area contributed by atoms with Crippen LogP contribution in [0.3, 0.4) is 0 Å². The fourth-order valence-electron chi connectivity index (χ4n) is 1.80. The molecule has 22 heavy (non-hydrogen) atoms. The summed E-state index contributed by atoms with van der Waals surface area (Å²) in [5, 5.41) is 65.6. The first-order valence-electron chi connectivity index (χ1n) is 6.23. The summed E-state index contributed by atoms with van der Waals surface area (Å²) in [5.74, 6) is 2.84. The van der Waals surface area contributed by atoms with Crippen LogP contribution in [0.5, 0.6) is 0 Å². The maximum atomic E-state index is 12.1. The van der Waals surface area contributed by atoms with Crippen LogP contribution >= 0.6 is 7.82 Å². The first-order valence-corrected chi connectivity index (χ1v) is 7.69. The van der Waals surface area contributed by atoms with Gasteiger partial charge in [0.25, 0.3) is 0 Å². The van der Waals surface area contributed by atoms with E-state index < -0.39 is 63.8 Å². The van der Waals surface area contributed by atoms with Crippen molar-refractivity contribution in [2.45, 2.75) is 42.7 Å². The van der Waals surface area contributed by atoms with Gasteiger partial charge in [-0.3, -0.25) is 9.05 Å². The summed E-state index contributed by atoms with van der Waals surface area (Å²) in [6.45, 7) is -1.37. The van der Waals surface area contributed by atoms with E-state index in [0.29, 0.717) is 0 Å². The molecule has 0 spiro atoms. The monoisotopic (exact) mass is 350 g/mol. The average molecular weight is 350 g/mol.